The van der Waals surface area contributed by atoms with Crippen molar-refractivity contribution in [1.29, 1.82) is 0 Å². The number of piperazine rings is 1. The fourth-order valence-electron chi connectivity index (χ4n) is 3.63. The van der Waals surface area contributed by atoms with Gasteiger partial charge in [0.15, 0.2) is 0 Å². The molecule has 0 saturated carbocycles. The van der Waals surface area contributed by atoms with Crippen LogP contribution in [0, 0.1) is 5.82 Å². The smallest absolute Gasteiger partial charge is 0.227 e. The van der Waals surface area contributed by atoms with E-state index in [1.807, 2.05) is 17.3 Å². The number of amidine groups is 1. The third-order valence-electron chi connectivity index (χ3n) is 5.33. The lowest BCUT2D eigenvalue weighted by molar-refractivity contribution is -0.132. The number of hydrogen-bond acceptors (Lipinski definition) is 5. The Morgan fingerprint density at radius 1 is 1.22 bits per heavy atom. The number of fused-ring (bicyclic) bond motifs is 1. The molecule has 1 saturated heterocycles. The molecule has 0 N–H and O–H groups in total. The van der Waals surface area contributed by atoms with Crippen LogP contribution in [-0.4, -0.2) is 71.5 Å². The van der Waals surface area contributed by atoms with Crippen molar-refractivity contribution in [3.05, 3.63) is 47.5 Å². The molecule has 0 aliphatic carbocycles. The number of halogens is 1. The number of carbonyl (C=O) groups excluding carboxylic acids is 1. The van der Waals surface area contributed by atoms with E-state index in [0.717, 1.165) is 37.7 Å². The molecule has 27 heavy (non-hydrogen) atoms. The van der Waals surface area contributed by atoms with Crippen LogP contribution in [0.3, 0.4) is 0 Å². The van der Waals surface area contributed by atoms with Crippen LogP contribution in [0.2, 0.25) is 0 Å². The van der Waals surface area contributed by atoms with Crippen molar-refractivity contribution in [1.82, 2.24) is 14.7 Å². The standard InChI is InChI=1S/C20H24FN5O/c1-2-16-13-26-14-22-18(12-19(26)23-16)24-7-9-25(10-8-24)20(27)11-15-5-3-4-6-17(15)21/h3-6,12,14,16H,2,7-11,13H2,1H3. The summed E-state index contributed by atoms with van der Waals surface area (Å²) in [7, 11) is 0. The number of amides is 1. The lowest BCUT2D eigenvalue weighted by Crippen LogP contribution is -2.49. The Morgan fingerprint density at radius 3 is 2.74 bits per heavy atom. The molecule has 4 rings (SSSR count). The molecule has 1 fully saturated rings. The molecular weight excluding hydrogens is 345 g/mol. The lowest BCUT2D eigenvalue weighted by atomic mass is 10.1. The number of hydrogen-bond donors (Lipinski definition) is 0. The first-order valence-corrected chi connectivity index (χ1v) is 9.50. The molecule has 0 spiro atoms. The molecule has 0 aromatic heterocycles. The molecule has 3 aliphatic rings. The Hall–Kier alpha value is -2.70. The molecule has 1 aromatic carbocycles. The Labute approximate surface area is 158 Å². The minimum absolute atomic E-state index is 0.0296. The predicted octanol–water partition coefficient (Wildman–Crippen LogP) is 1.89. The van der Waals surface area contributed by atoms with Crippen molar-refractivity contribution >= 4 is 18.1 Å². The summed E-state index contributed by atoms with van der Waals surface area (Å²) in [4.78, 5) is 27.9. The van der Waals surface area contributed by atoms with Gasteiger partial charge in [-0.05, 0) is 18.1 Å². The molecular formula is C20H24FN5O. The van der Waals surface area contributed by atoms with Crippen molar-refractivity contribution in [2.45, 2.75) is 25.8 Å². The van der Waals surface area contributed by atoms with Gasteiger partial charge in [0.05, 0.1) is 18.8 Å². The van der Waals surface area contributed by atoms with Crippen LogP contribution in [-0.2, 0) is 11.2 Å². The maximum absolute atomic E-state index is 13.8. The highest BCUT2D eigenvalue weighted by molar-refractivity contribution is 6.03. The highest BCUT2D eigenvalue weighted by Crippen LogP contribution is 2.20. The van der Waals surface area contributed by atoms with Crippen LogP contribution in [0.5, 0.6) is 0 Å². The summed E-state index contributed by atoms with van der Waals surface area (Å²) >= 11 is 0. The van der Waals surface area contributed by atoms with Crippen molar-refractivity contribution in [2.75, 3.05) is 32.7 Å². The van der Waals surface area contributed by atoms with Gasteiger partial charge in [0.1, 0.15) is 17.5 Å². The second-order valence-corrected chi connectivity index (χ2v) is 7.08. The van der Waals surface area contributed by atoms with E-state index >= 15 is 0 Å². The monoisotopic (exact) mass is 369 g/mol. The molecule has 1 unspecified atom stereocenters. The van der Waals surface area contributed by atoms with Gasteiger partial charge < -0.3 is 14.7 Å². The summed E-state index contributed by atoms with van der Waals surface area (Å²) in [6.07, 6.45) is 5.03. The topological polar surface area (TPSA) is 51.5 Å². The Bertz CT molecular complexity index is 810. The summed E-state index contributed by atoms with van der Waals surface area (Å²) in [5.41, 5.74) is 0.453. The molecule has 1 amide bonds. The normalized spacial score (nSPS) is 21.9. The molecule has 7 heteroatoms. The zero-order valence-electron chi connectivity index (χ0n) is 15.5. The average Bonchev–Trinajstić information content (AvgIpc) is 3.12. The van der Waals surface area contributed by atoms with Crippen molar-refractivity contribution in [3.8, 4) is 0 Å². The van der Waals surface area contributed by atoms with Crippen LogP contribution >= 0.6 is 0 Å². The highest BCUT2D eigenvalue weighted by Gasteiger charge is 2.28. The predicted molar refractivity (Wildman–Crippen MR) is 103 cm³/mol. The molecule has 3 aliphatic heterocycles. The van der Waals surface area contributed by atoms with E-state index < -0.39 is 0 Å². The number of aliphatic imine (C=N–C) groups is 2. The van der Waals surface area contributed by atoms with Crippen LogP contribution in [0.25, 0.3) is 0 Å². The van der Waals surface area contributed by atoms with Gasteiger partial charge in [-0.1, -0.05) is 25.1 Å². The number of carbonyl (C=O) groups is 1. The number of nitrogens with zero attached hydrogens (tertiary/aromatic N) is 5. The van der Waals surface area contributed by atoms with E-state index in [4.69, 9.17) is 4.99 Å². The van der Waals surface area contributed by atoms with Gasteiger partial charge in [0.25, 0.3) is 0 Å². The van der Waals surface area contributed by atoms with E-state index in [-0.39, 0.29) is 18.1 Å². The van der Waals surface area contributed by atoms with E-state index in [0.29, 0.717) is 24.7 Å². The second-order valence-electron chi connectivity index (χ2n) is 7.08. The van der Waals surface area contributed by atoms with Crippen LogP contribution in [0.4, 0.5) is 4.39 Å². The zero-order chi connectivity index (χ0) is 18.8. The number of benzene rings is 1. The molecule has 0 radical (unpaired) electrons. The molecule has 6 nitrogen and oxygen atoms in total. The van der Waals surface area contributed by atoms with E-state index in [1.165, 1.54) is 6.07 Å². The lowest BCUT2D eigenvalue weighted by Gasteiger charge is -2.37. The fourth-order valence-corrected chi connectivity index (χ4v) is 3.63. The van der Waals surface area contributed by atoms with Crippen molar-refractivity contribution in [2.24, 2.45) is 9.98 Å². The summed E-state index contributed by atoms with van der Waals surface area (Å²) in [6, 6.07) is 6.80. The Morgan fingerprint density at radius 2 is 2.00 bits per heavy atom. The molecule has 1 aromatic rings. The first kappa shape index (κ1) is 17.7. The third kappa shape index (κ3) is 3.72. The molecule has 3 heterocycles. The van der Waals surface area contributed by atoms with E-state index in [2.05, 4.69) is 21.7 Å². The van der Waals surface area contributed by atoms with Crippen molar-refractivity contribution in [3.63, 3.8) is 0 Å². The minimum atomic E-state index is -0.321. The summed E-state index contributed by atoms with van der Waals surface area (Å²) in [5.74, 6) is 1.53. The quantitative estimate of drug-likeness (QED) is 0.814. The van der Waals surface area contributed by atoms with Crippen LogP contribution in [0.15, 0.2) is 46.1 Å². The van der Waals surface area contributed by atoms with Crippen LogP contribution in [0.1, 0.15) is 18.9 Å². The van der Waals surface area contributed by atoms with Gasteiger partial charge >= 0.3 is 0 Å². The zero-order valence-corrected chi connectivity index (χ0v) is 15.5. The maximum atomic E-state index is 13.8. The molecule has 1 atom stereocenters. The largest absolute Gasteiger partial charge is 0.353 e. The van der Waals surface area contributed by atoms with Gasteiger partial charge in [0.2, 0.25) is 5.91 Å². The van der Waals surface area contributed by atoms with Gasteiger partial charge in [-0.3, -0.25) is 9.79 Å². The maximum Gasteiger partial charge on any atom is 0.227 e. The average molecular weight is 369 g/mol. The van der Waals surface area contributed by atoms with Gasteiger partial charge in [-0.2, -0.15) is 0 Å². The summed E-state index contributed by atoms with van der Waals surface area (Å²) in [5, 5.41) is 0. The first-order valence-electron chi connectivity index (χ1n) is 9.50. The van der Waals surface area contributed by atoms with E-state index in [1.54, 1.807) is 18.2 Å². The van der Waals surface area contributed by atoms with Crippen molar-refractivity contribution < 1.29 is 9.18 Å². The first-order chi connectivity index (χ1) is 13.1. The number of rotatable bonds is 4. The Balaban J connectivity index is 1.35. The molecule has 142 valence electrons. The summed E-state index contributed by atoms with van der Waals surface area (Å²) in [6.45, 7) is 5.72. The van der Waals surface area contributed by atoms with Gasteiger partial charge in [-0.25, -0.2) is 9.38 Å². The third-order valence-corrected chi connectivity index (χ3v) is 5.33. The highest BCUT2D eigenvalue weighted by atomic mass is 19.1. The SMILES string of the molecule is CCC1CN2C=NC(N3CCN(C(=O)Cc4ccccc4F)CC3)=CC2=N1. The molecule has 0 bridgehead atoms. The minimum Gasteiger partial charge on any atom is -0.353 e. The second kappa shape index (κ2) is 7.50. The fraction of sp³-hybridized carbons (Fsp3) is 0.450. The summed E-state index contributed by atoms with van der Waals surface area (Å²) < 4.78 is 13.8. The van der Waals surface area contributed by atoms with Gasteiger partial charge in [0, 0.05) is 38.8 Å². The van der Waals surface area contributed by atoms with E-state index in [9.17, 15) is 9.18 Å². The Kier molecular flexibility index (Phi) is 4.92. The van der Waals surface area contributed by atoms with Crippen LogP contribution < -0.4 is 0 Å². The van der Waals surface area contributed by atoms with Gasteiger partial charge in [-0.15, -0.1) is 0 Å².